The summed E-state index contributed by atoms with van der Waals surface area (Å²) < 4.78 is 0. The molecule has 2 rings (SSSR count). The van der Waals surface area contributed by atoms with Crippen LogP contribution in [0.25, 0.3) is 0 Å². The van der Waals surface area contributed by atoms with E-state index in [4.69, 9.17) is 0 Å². The molecule has 63 valence electrons. The zero-order valence-electron chi connectivity index (χ0n) is 7.48. The Balaban J connectivity index is 2.03. The van der Waals surface area contributed by atoms with Crippen molar-refractivity contribution >= 4 is 0 Å². The van der Waals surface area contributed by atoms with Crippen LogP contribution in [0, 0.1) is 11.5 Å². The molecule has 0 aromatic carbocycles. The summed E-state index contributed by atoms with van der Waals surface area (Å²) in [4.78, 5) is 2.32. The van der Waals surface area contributed by atoms with Crippen molar-refractivity contribution in [2.45, 2.75) is 19.3 Å². The first-order valence-corrected chi connectivity index (χ1v) is 4.49. The van der Waals surface area contributed by atoms with Gasteiger partial charge in [-0.05, 0) is 39.9 Å². The van der Waals surface area contributed by atoms with E-state index in [1.165, 1.54) is 32.4 Å². The van der Waals surface area contributed by atoms with Crippen molar-refractivity contribution in [1.82, 2.24) is 10.2 Å². The van der Waals surface area contributed by atoms with Crippen molar-refractivity contribution < 1.29 is 0 Å². The summed E-state index contributed by atoms with van der Waals surface area (Å²) in [5.74, 6) is 0. The van der Waals surface area contributed by atoms with Crippen LogP contribution in [0.5, 0.6) is 0 Å². The third kappa shape index (κ3) is 1.00. The molecule has 2 fully saturated rings. The van der Waals surface area contributed by atoms with Gasteiger partial charge in [0.15, 0.2) is 0 Å². The van der Waals surface area contributed by atoms with Crippen molar-refractivity contribution in [2.24, 2.45) is 5.41 Å². The first kappa shape index (κ1) is 7.56. The van der Waals surface area contributed by atoms with Gasteiger partial charge in [0.25, 0.3) is 0 Å². The Hall–Kier alpha value is -0.0800. The van der Waals surface area contributed by atoms with Crippen LogP contribution in [-0.2, 0) is 0 Å². The highest BCUT2D eigenvalue weighted by molar-refractivity contribution is 5.17. The molecule has 0 aromatic rings. The molecule has 1 saturated heterocycles. The van der Waals surface area contributed by atoms with E-state index in [0.717, 1.165) is 0 Å². The van der Waals surface area contributed by atoms with Crippen LogP contribution in [0.3, 0.4) is 0 Å². The molecule has 1 aliphatic carbocycles. The summed E-state index contributed by atoms with van der Waals surface area (Å²) in [6.07, 6.45) is 4.10. The molecule has 2 aliphatic rings. The second-order valence-corrected chi connectivity index (χ2v) is 4.05. The van der Waals surface area contributed by atoms with Crippen molar-refractivity contribution in [3.05, 3.63) is 6.04 Å². The van der Waals surface area contributed by atoms with Crippen LogP contribution < -0.4 is 5.32 Å². The molecule has 1 spiro atoms. The smallest absolute Gasteiger partial charge is 0.0461 e. The highest BCUT2D eigenvalue weighted by Gasteiger charge is 2.49. The van der Waals surface area contributed by atoms with Crippen LogP contribution in [0.15, 0.2) is 0 Å². The van der Waals surface area contributed by atoms with E-state index in [9.17, 15) is 0 Å². The van der Waals surface area contributed by atoms with E-state index in [2.05, 4.69) is 24.3 Å². The van der Waals surface area contributed by atoms with Gasteiger partial charge in [0.2, 0.25) is 0 Å². The molecule has 1 atom stereocenters. The average molecular weight is 153 g/mol. The summed E-state index contributed by atoms with van der Waals surface area (Å²) in [6, 6.07) is 1.67. The van der Waals surface area contributed by atoms with Crippen LogP contribution in [0.4, 0.5) is 0 Å². The van der Waals surface area contributed by atoms with Gasteiger partial charge in [0.1, 0.15) is 0 Å². The second kappa shape index (κ2) is 2.46. The van der Waals surface area contributed by atoms with Crippen molar-refractivity contribution in [2.75, 3.05) is 27.2 Å². The number of nitrogens with one attached hydrogen (secondary N) is 1. The molecule has 2 heteroatoms. The van der Waals surface area contributed by atoms with Gasteiger partial charge in [-0.15, -0.1) is 0 Å². The molecule has 0 bridgehead atoms. The van der Waals surface area contributed by atoms with Gasteiger partial charge in [-0.2, -0.15) is 0 Å². The maximum absolute atomic E-state index is 3.45. The molecule has 2 nitrogen and oxygen atoms in total. The Morgan fingerprint density at radius 1 is 1.36 bits per heavy atom. The maximum Gasteiger partial charge on any atom is 0.0461 e. The van der Waals surface area contributed by atoms with Gasteiger partial charge < -0.3 is 10.2 Å². The molecular formula is C9H17N2. The summed E-state index contributed by atoms with van der Waals surface area (Å²) in [7, 11) is 4.35. The van der Waals surface area contributed by atoms with E-state index in [-0.39, 0.29) is 0 Å². The summed E-state index contributed by atoms with van der Waals surface area (Å²) >= 11 is 0. The third-order valence-corrected chi connectivity index (χ3v) is 3.24. The van der Waals surface area contributed by atoms with Crippen molar-refractivity contribution in [3.8, 4) is 0 Å². The normalized spacial score (nSPS) is 38.5. The summed E-state index contributed by atoms with van der Waals surface area (Å²) in [5.41, 5.74) is 0.587. The summed E-state index contributed by atoms with van der Waals surface area (Å²) in [5, 5.41) is 3.45. The topological polar surface area (TPSA) is 15.3 Å². The van der Waals surface area contributed by atoms with E-state index < -0.39 is 0 Å². The van der Waals surface area contributed by atoms with Gasteiger partial charge in [-0.1, -0.05) is 0 Å². The highest BCUT2D eigenvalue weighted by Crippen LogP contribution is 2.52. The van der Waals surface area contributed by atoms with E-state index >= 15 is 0 Å². The molecule has 1 heterocycles. The van der Waals surface area contributed by atoms with Crippen molar-refractivity contribution in [1.29, 1.82) is 0 Å². The minimum Gasteiger partial charge on any atom is -0.316 e. The Kier molecular flexibility index (Phi) is 1.69. The zero-order chi connectivity index (χ0) is 7.90. The van der Waals surface area contributed by atoms with Crippen LogP contribution >= 0.6 is 0 Å². The van der Waals surface area contributed by atoms with Crippen LogP contribution in [0.2, 0.25) is 0 Å². The third-order valence-electron chi connectivity index (χ3n) is 3.24. The van der Waals surface area contributed by atoms with Crippen LogP contribution in [-0.4, -0.2) is 32.1 Å². The van der Waals surface area contributed by atoms with Gasteiger partial charge in [0, 0.05) is 18.0 Å². The molecule has 11 heavy (non-hydrogen) atoms. The average Bonchev–Trinajstić information content (AvgIpc) is 2.31. The fourth-order valence-electron chi connectivity index (χ4n) is 2.49. The standard InChI is InChI=1S/C9H17N2/c1-11(2)8-3-4-9(8)5-6-10-7-9/h10H,3-7H2,1-2H3. The van der Waals surface area contributed by atoms with Gasteiger partial charge >= 0.3 is 0 Å². The zero-order valence-corrected chi connectivity index (χ0v) is 7.48. The minimum absolute atomic E-state index is 0.587. The van der Waals surface area contributed by atoms with Crippen molar-refractivity contribution in [3.63, 3.8) is 0 Å². The molecule has 1 unspecified atom stereocenters. The Morgan fingerprint density at radius 3 is 2.55 bits per heavy atom. The predicted octanol–water partition coefficient (Wildman–Crippen LogP) is 0.853. The lowest BCUT2D eigenvalue weighted by Gasteiger charge is -2.49. The molecule has 0 aromatic heterocycles. The molecule has 1 saturated carbocycles. The lowest BCUT2D eigenvalue weighted by atomic mass is 9.63. The largest absolute Gasteiger partial charge is 0.316 e. The second-order valence-electron chi connectivity index (χ2n) is 4.05. The van der Waals surface area contributed by atoms with Gasteiger partial charge in [-0.3, -0.25) is 0 Å². The number of rotatable bonds is 1. The quantitative estimate of drug-likeness (QED) is 0.601. The summed E-state index contributed by atoms with van der Waals surface area (Å²) in [6.45, 7) is 2.44. The number of hydrogen-bond acceptors (Lipinski definition) is 2. The molecule has 1 N–H and O–H groups in total. The first-order chi connectivity index (χ1) is 5.25. The monoisotopic (exact) mass is 153 g/mol. The van der Waals surface area contributed by atoms with Gasteiger partial charge in [0.05, 0.1) is 0 Å². The lowest BCUT2D eigenvalue weighted by molar-refractivity contribution is 0.110. The molecule has 1 radical (unpaired) electrons. The lowest BCUT2D eigenvalue weighted by Crippen LogP contribution is -2.47. The van der Waals surface area contributed by atoms with E-state index in [0.29, 0.717) is 5.41 Å². The minimum atomic E-state index is 0.587. The first-order valence-electron chi connectivity index (χ1n) is 4.49. The highest BCUT2D eigenvalue weighted by atomic mass is 15.1. The Morgan fingerprint density at radius 2 is 2.18 bits per heavy atom. The van der Waals surface area contributed by atoms with Gasteiger partial charge in [-0.25, -0.2) is 0 Å². The fraction of sp³-hybridized carbons (Fsp3) is 0.889. The predicted molar refractivity (Wildman–Crippen MR) is 46.1 cm³/mol. The van der Waals surface area contributed by atoms with E-state index in [1.807, 2.05) is 0 Å². The molecular weight excluding hydrogens is 136 g/mol. The molecule has 0 amide bonds. The number of hydrogen-bond donors (Lipinski definition) is 1. The van der Waals surface area contributed by atoms with Crippen LogP contribution in [0.1, 0.15) is 19.3 Å². The fourth-order valence-corrected chi connectivity index (χ4v) is 2.49. The Labute approximate surface area is 69.0 Å². The SMILES string of the molecule is CN(C)[C]1CCC12CCNC2. The maximum atomic E-state index is 3.45. The van der Waals surface area contributed by atoms with E-state index in [1.54, 1.807) is 6.04 Å². The Bertz CT molecular complexity index is 148. The molecule has 1 aliphatic heterocycles. The number of nitrogens with zero attached hydrogens (tertiary/aromatic N) is 1.